The van der Waals surface area contributed by atoms with Crippen molar-refractivity contribution in [2.75, 3.05) is 7.11 Å². The van der Waals surface area contributed by atoms with Gasteiger partial charge in [-0.15, -0.1) is 0 Å². The lowest BCUT2D eigenvalue weighted by molar-refractivity contribution is 0.370. The zero-order valence-corrected chi connectivity index (χ0v) is 13.5. The van der Waals surface area contributed by atoms with Crippen LogP contribution in [0.25, 0.3) is 11.1 Å². The van der Waals surface area contributed by atoms with Crippen molar-refractivity contribution in [3.05, 3.63) is 71.8 Å². The average molecular weight is 320 g/mol. The van der Waals surface area contributed by atoms with Gasteiger partial charge in [-0.1, -0.05) is 48.6 Å². The van der Waals surface area contributed by atoms with Crippen molar-refractivity contribution in [2.45, 2.75) is 12.3 Å². The number of methoxy groups -OCH3 is 1. The molecule has 2 aromatic carbocycles. The molecule has 0 heterocycles. The number of rotatable bonds is 4. The number of nitrogens with two attached hydrogens (primary N) is 1. The summed E-state index contributed by atoms with van der Waals surface area (Å²) in [7, 11) is 1.55. The zero-order valence-electron chi connectivity index (χ0n) is 13.5. The SMILES string of the molecule is COc1cc(-c2ccc(C(=N)N)cc2)cc(C2C=CC=CC2)c1O. The largest absolute Gasteiger partial charge is 0.504 e. The predicted octanol–water partition coefficient (Wildman–Crippen LogP) is 3.95. The third kappa shape index (κ3) is 3.04. The van der Waals surface area contributed by atoms with E-state index in [1.807, 2.05) is 48.6 Å². The van der Waals surface area contributed by atoms with Gasteiger partial charge in [-0.2, -0.15) is 0 Å². The Bertz CT molecular complexity index is 820. The van der Waals surface area contributed by atoms with E-state index >= 15 is 0 Å². The lowest BCUT2D eigenvalue weighted by atomic mass is 9.89. The molecule has 0 fully saturated rings. The fraction of sp³-hybridized carbons (Fsp3) is 0.150. The molecule has 0 radical (unpaired) electrons. The van der Waals surface area contributed by atoms with Crippen LogP contribution < -0.4 is 10.5 Å². The molecule has 0 spiro atoms. The standard InChI is InChI=1S/C20H20N2O2/c1-24-18-12-16(13-7-9-15(10-8-13)20(21)22)11-17(19(18)23)14-5-3-2-4-6-14/h2-5,7-12,14,23H,6H2,1H3,(H3,21,22). The minimum absolute atomic E-state index is 0.0460. The summed E-state index contributed by atoms with van der Waals surface area (Å²) in [6.45, 7) is 0. The summed E-state index contributed by atoms with van der Waals surface area (Å²) in [6, 6.07) is 11.3. The van der Waals surface area contributed by atoms with Crippen molar-refractivity contribution in [1.29, 1.82) is 5.41 Å². The van der Waals surface area contributed by atoms with Crippen molar-refractivity contribution in [3.8, 4) is 22.6 Å². The summed E-state index contributed by atoms with van der Waals surface area (Å²) < 4.78 is 5.35. The number of amidine groups is 1. The quantitative estimate of drug-likeness (QED) is 0.589. The van der Waals surface area contributed by atoms with Gasteiger partial charge in [0.05, 0.1) is 7.11 Å². The second-order valence-corrected chi connectivity index (χ2v) is 5.76. The Morgan fingerprint density at radius 1 is 1.17 bits per heavy atom. The smallest absolute Gasteiger partial charge is 0.161 e. The molecule has 0 saturated carbocycles. The Labute approximate surface area is 141 Å². The van der Waals surface area contributed by atoms with Crippen molar-refractivity contribution in [3.63, 3.8) is 0 Å². The molecular weight excluding hydrogens is 300 g/mol. The lowest BCUT2D eigenvalue weighted by Crippen LogP contribution is -2.10. The Morgan fingerprint density at radius 3 is 2.50 bits per heavy atom. The van der Waals surface area contributed by atoms with Crippen molar-refractivity contribution in [2.24, 2.45) is 5.73 Å². The number of nitrogens with one attached hydrogen (secondary N) is 1. The number of hydrogen-bond donors (Lipinski definition) is 3. The van der Waals surface area contributed by atoms with Crippen LogP contribution in [0.2, 0.25) is 0 Å². The van der Waals surface area contributed by atoms with Gasteiger partial charge in [0, 0.05) is 17.0 Å². The fourth-order valence-corrected chi connectivity index (χ4v) is 2.89. The Hall–Kier alpha value is -3.01. The average Bonchev–Trinajstić information content (AvgIpc) is 2.62. The van der Waals surface area contributed by atoms with Gasteiger partial charge in [-0.3, -0.25) is 5.41 Å². The highest BCUT2D eigenvalue weighted by Gasteiger charge is 2.18. The monoisotopic (exact) mass is 320 g/mol. The van der Waals surface area contributed by atoms with Crippen LogP contribution >= 0.6 is 0 Å². The van der Waals surface area contributed by atoms with Crippen LogP contribution in [0.15, 0.2) is 60.7 Å². The molecule has 1 aliphatic carbocycles. The van der Waals surface area contributed by atoms with Crippen molar-refractivity contribution in [1.82, 2.24) is 0 Å². The van der Waals surface area contributed by atoms with E-state index < -0.39 is 0 Å². The fourth-order valence-electron chi connectivity index (χ4n) is 2.89. The third-order valence-electron chi connectivity index (χ3n) is 4.23. The van der Waals surface area contributed by atoms with Gasteiger partial charge in [0.15, 0.2) is 11.5 Å². The van der Waals surface area contributed by atoms with Crippen LogP contribution in [0.1, 0.15) is 23.5 Å². The van der Waals surface area contributed by atoms with E-state index in [9.17, 15) is 5.11 Å². The first-order valence-corrected chi connectivity index (χ1v) is 7.79. The van der Waals surface area contributed by atoms with Gasteiger partial charge < -0.3 is 15.6 Å². The van der Waals surface area contributed by atoms with Gasteiger partial charge in [-0.05, 0) is 29.7 Å². The molecule has 2 aromatic rings. The molecule has 24 heavy (non-hydrogen) atoms. The van der Waals surface area contributed by atoms with E-state index in [0.717, 1.165) is 23.1 Å². The summed E-state index contributed by atoms with van der Waals surface area (Å²) in [4.78, 5) is 0. The zero-order chi connectivity index (χ0) is 17.1. The molecule has 0 bridgehead atoms. The van der Waals surface area contributed by atoms with E-state index in [2.05, 4.69) is 12.2 Å². The van der Waals surface area contributed by atoms with Gasteiger partial charge in [0.2, 0.25) is 0 Å². The highest BCUT2D eigenvalue weighted by molar-refractivity contribution is 5.95. The normalized spacial score (nSPS) is 16.1. The molecular formula is C20H20N2O2. The third-order valence-corrected chi connectivity index (χ3v) is 4.23. The molecule has 4 heteroatoms. The first-order chi connectivity index (χ1) is 11.6. The van der Waals surface area contributed by atoms with E-state index in [4.69, 9.17) is 15.9 Å². The van der Waals surface area contributed by atoms with Gasteiger partial charge in [0.25, 0.3) is 0 Å². The number of nitrogen functional groups attached to an aromatic ring is 1. The Morgan fingerprint density at radius 2 is 1.92 bits per heavy atom. The first-order valence-electron chi connectivity index (χ1n) is 7.79. The highest BCUT2D eigenvalue weighted by Crippen LogP contribution is 2.41. The molecule has 0 aromatic heterocycles. The second-order valence-electron chi connectivity index (χ2n) is 5.76. The van der Waals surface area contributed by atoms with Crippen LogP contribution in [0.3, 0.4) is 0 Å². The molecule has 0 amide bonds. The first kappa shape index (κ1) is 15.9. The molecule has 1 unspecified atom stereocenters. The number of hydrogen-bond acceptors (Lipinski definition) is 3. The number of phenols is 1. The molecule has 4 N–H and O–H groups in total. The number of aromatic hydroxyl groups is 1. The molecule has 3 rings (SSSR count). The van der Waals surface area contributed by atoms with Crippen molar-refractivity contribution < 1.29 is 9.84 Å². The number of allylic oxidation sites excluding steroid dienone is 4. The van der Waals surface area contributed by atoms with Gasteiger partial charge in [-0.25, -0.2) is 0 Å². The highest BCUT2D eigenvalue weighted by atomic mass is 16.5. The summed E-state index contributed by atoms with van der Waals surface area (Å²) >= 11 is 0. The summed E-state index contributed by atoms with van der Waals surface area (Å²) in [6.07, 6.45) is 9.02. The molecule has 1 atom stereocenters. The molecule has 4 nitrogen and oxygen atoms in total. The van der Waals surface area contributed by atoms with E-state index in [1.165, 1.54) is 0 Å². The van der Waals surface area contributed by atoms with Crippen LogP contribution in [0, 0.1) is 5.41 Å². The molecule has 0 saturated heterocycles. The van der Waals surface area contributed by atoms with Gasteiger partial charge >= 0.3 is 0 Å². The van der Waals surface area contributed by atoms with Crippen molar-refractivity contribution >= 4 is 5.84 Å². The van der Waals surface area contributed by atoms with Crippen LogP contribution in [0.4, 0.5) is 0 Å². The Kier molecular flexibility index (Phi) is 4.38. The van der Waals surface area contributed by atoms with E-state index in [0.29, 0.717) is 11.3 Å². The molecule has 1 aliphatic rings. The summed E-state index contributed by atoms with van der Waals surface area (Å²) in [5.41, 5.74) is 8.98. The molecule has 0 aliphatic heterocycles. The predicted molar refractivity (Wildman–Crippen MR) is 96.7 cm³/mol. The lowest BCUT2D eigenvalue weighted by Gasteiger charge is -2.18. The summed E-state index contributed by atoms with van der Waals surface area (Å²) in [5, 5.41) is 18.0. The van der Waals surface area contributed by atoms with Crippen LogP contribution in [-0.2, 0) is 0 Å². The number of phenolic OH excluding ortho intramolecular Hbond substituents is 1. The number of ether oxygens (including phenoxy) is 1. The van der Waals surface area contributed by atoms with Crippen LogP contribution in [-0.4, -0.2) is 18.1 Å². The number of benzene rings is 2. The maximum atomic E-state index is 10.5. The minimum atomic E-state index is 0.0460. The molecule has 122 valence electrons. The topological polar surface area (TPSA) is 79.3 Å². The maximum Gasteiger partial charge on any atom is 0.161 e. The van der Waals surface area contributed by atoms with E-state index in [1.54, 1.807) is 7.11 Å². The van der Waals surface area contributed by atoms with E-state index in [-0.39, 0.29) is 17.5 Å². The second kappa shape index (κ2) is 6.62. The van der Waals surface area contributed by atoms with Gasteiger partial charge in [0.1, 0.15) is 5.84 Å². The summed E-state index contributed by atoms with van der Waals surface area (Å²) in [5.74, 6) is 0.817. The Balaban J connectivity index is 2.06. The minimum Gasteiger partial charge on any atom is -0.504 e. The maximum absolute atomic E-state index is 10.5. The van der Waals surface area contributed by atoms with Crippen LogP contribution in [0.5, 0.6) is 11.5 Å².